The SMILES string of the molecule is CCc1cc(NC(C)(C)CC(F)(F)F)ncc1-c1c(Cl)c(CC)nn1CC.O=C=O. The van der Waals surface area contributed by atoms with Gasteiger partial charge in [0.15, 0.2) is 0 Å². The van der Waals surface area contributed by atoms with E-state index in [2.05, 4.69) is 15.4 Å². The van der Waals surface area contributed by atoms with Crippen LogP contribution in [0.1, 0.15) is 52.3 Å². The number of hydrogen-bond donors (Lipinski definition) is 1. The lowest BCUT2D eigenvalue weighted by molar-refractivity contribution is -0.191. The van der Waals surface area contributed by atoms with Crippen LogP contribution in [0.4, 0.5) is 19.0 Å². The maximum absolute atomic E-state index is 12.8. The van der Waals surface area contributed by atoms with Gasteiger partial charge in [-0.3, -0.25) is 4.68 Å². The molecule has 30 heavy (non-hydrogen) atoms. The molecular weight excluding hydrogens is 421 g/mol. The van der Waals surface area contributed by atoms with E-state index < -0.39 is 18.1 Å². The summed E-state index contributed by atoms with van der Waals surface area (Å²) in [4.78, 5) is 20.6. The van der Waals surface area contributed by atoms with Crippen molar-refractivity contribution in [2.45, 2.75) is 72.1 Å². The molecule has 166 valence electrons. The number of nitrogens with one attached hydrogen (secondary N) is 1. The summed E-state index contributed by atoms with van der Waals surface area (Å²) in [5.74, 6) is 0.416. The molecule has 0 spiro atoms. The Morgan fingerprint density at radius 3 is 2.23 bits per heavy atom. The summed E-state index contributed by atoms with van der Waals surface area (Å²) in [6.07, 6.45) is -1.86. The monoisotopic (exact) mass is 446 g/mol. The number of anilines is 1. The van der Waals surface area contributed by atoms with Crippen LogP contribution in [0, 0.1) is 0 Å². The smallest absolute Gasteiger partial charge is 0.365 e. The van der Waals surface area contributed by atoms with Crippen LogP contribution in [0.15, 0.2) is 12.3 Å². The lowest BCUT2D eigenvalue weighted by Gasteiger charge is -2.28. The average Bonchev–Trinajstić information content (AvgIpc) is 2.95. The third-order valence-corrected chi connectivity index (χ3v) is 4.73. The lowest BCUT2D eigenvalue weighted by atomic mass is 9.99. The Morgan fingerprint density at radius 1 is 1.17 bits per heavy atom. The van der Waals surface area contributed by atoms with Gasteiger partial charge in [0.2, 0.25) is 0 Å². The zero-order valence-corrected chi connectivity index (χ0v) is 18.4. The molecule has 2 aromatic heterocycles. The molecule has 10 heteroatoms. The van der Waals surface area contributed by atoms with E-state index in [1.165, 1.54) is 13.8 Å². The lowest BCUT2D eigenvalue weighted by Crippen LogP contribution is -2.36. The largest absolute Gasteiger partial charge is 0.391 e. The fourth-order valence-electron chi connectivity index (χ4n) is 3.16. The predicted octanol–water partition coefficient (Wildman–Crippen LogP) is 5.30. The first-order valence-corrected chi connectivity index (χ1v) is 9.89. The van der Waals surface area contributed by atoms with E-state index in [9.17, 15) is 13.2 Å². The second-order valence-electron chi connectivity index (χ2n) is 7.24. The number of nitrogens with zero attached hydrogens (tertiary/aromatic N) is 3. The standard InChI is InChI=1S/C19H26ClF3N4.CO2/c1-6-12-9-15(25-18(4,5)11-19(21,22)23)24-10-13(12)17-16(20)14(7-2)26-27(17)8-3;2-1-3/h9-10H,6-8,11H2,1-5H3,(H,24,25);. The first-order chi connectivity index (χ1) is 13.9. The summed E-state index contributed by atoms with van der Waals surface area (Å²) in [5, 5.41) is 8.04. The van der Waals surface area contributed by atoms with E-state index in [-0.39, 0.29) is 6.15 Å². The van der Waals surface area contributed by atoms with Gasteiger partial charge in [-0.15, -0.1) is 0 Å². The molecule has 0 atom stereocenters. The molecule has 0 saturated carbocycles. The normalized spacial score (nSPS) is 11.5. The number of rotatable bonds is 7. The summed E-state index contributed by atoms with van der Waals surface area (Å²) >= 11 is 6.54. The molecule has 0 saturated heterocycles. The molecule has 0 aliphatic rings. The van der Waals surface area contributed by atoms with Crippen molar-refractivity contribution >= 4 is 23.6 Å². The van der Waals surface area contributed by atoms with Crippen LogP contribution in [-0.4, -0.2) is 32.6 Å². The van der Waals surface area contributed by atoms with Crippen molar-refractivity contribution < 1.29 is 22.8 Å². The van der Waals surface area contributed by atoms with E-state index in [1.54, 1.807) is 12.3 Å². The molecule has 0 radical (unpaired) electrons. The molecule has 1 N–H and O–H groups in total. The second kappa shape index (κ2) is 10.6. The molecule has 0 aliphatic heterocycles. The van der Waals surface area contributed by atoms with Crippen LogP contribution in [0.5, 0.6) is 0 Å². The van der Waals surface area contributed by atoms with E-state index >= 15 is 0 Å². The van der Waals surface area contributed by atoms with Crippen molar-refractivity contribution in [3.8, 4) is 11.3 Å². The Hall–Kier alpha value is -2.38. The first kappa shape index (κ1) is 25.7. The fraction of sp³-hybridized carbons (Fsp3) is 0.550. The van der Waals surface area contributed by atoms with Crippen molar-refractivity contribution in [3.05, 3.63) is 28.5 Å². The quantitative estimate of drug-likeness (QED) is 0.624. The van der Waals surface area contributed by atoms with Crippen molar-refractivity contribution in [2.24, 2.45) is 0 Å². The summed E-state index contributed by atoms with van der Waals surface area (Å²) in [7, 11) is 0. The number of pyridine rings is 1. The van der Waals surface area contributed by atoms with Gasteiger partial charge < -0.3 is 5.32 Å². The van der Waals surface area contributed by atoms with E-state index in [0.717, 1.165) is 28.9 Å². The zero-order chi connectivity index (χ0) is 23.1. The van der Waals surface area contributed by atoms with Gasteiger partial charge in [-0.2, -0.15) is 27.9 Å². The highest BCUT2D eigenvalue weighted by Crippen LogP contribution is 2.35. The molecular formula is C20H26ClF3N4O2. The van der Waals surface area contributed by atoms with Crippen molar-refractivity contribution in [1.29, 1.82) is 0 Å². The first-order valence-electron chi connectivity index (χ1n) is 9.51. The minimum atomic E-state index is -4.25. The van der Waals surface area contributed by atoms with E-state index in [4.69, 9.17) is 21.2 Å². The second-order valence-corrected chi connectivity index (χ2v) is 7.62. The molecule has 0 aliphatic carbocycles. The molecule has 2 aromatic rings. The third-order valence-electron chi connectivity index (χ3n) is 4.33. The molecule has 6 nitrogen and oxygen atoms in total. The number of aryl methyl sites for hydroxylation is 3. The molecule has 2 rings (SSSR count). The fourth-order valence-corrected chi connectivity index (χ4v) is 3.54. The van der Waals surface area contributed by atoms with Crippen LogP contribution >= 0.6 is 11.6 Å². The molecule has 0 aromatic carbocycles. The molecule has 0 unspecified atom stereocenters. The Bertz CT molecular complexity index is 889. The van der Waals surface area contributed by atoms with Crippen LogP contribution in [0.3, 0.4) is 0 Å². The summed E-state index contributed by atoms with van der Waals surface area (Å²) < 4.78 is 40.1. The van der Waals surface area contributed by atoms with Crippen LogP contribution < -0.4 is 5.32 Å². The third kappa shape index (κ3) is 6.85. The number of hydrogen-bond acceptors (Lipinski definition) is 5. The predicted molar refractivity (Wildman–Crippen MR) is 108 cm³/mol. The van der Waals surface area contributed by atoms with E-state index in [0.29, 0.717) is 23.8 Å². The van der Waals surface area contributed by atoms with Gasteiger partial charge in [-0.1, -0.05) is 25.4 Å². The topological polar surface area (TPSA) is 76.9 Å². The average molecular weight is 447 g/mol. The number of halogens is 4. The highest BCUT2D eigenvalue weighted by molar-refractivity contribution is 6.33. The van der Waals surface area contributed by atoms with Gasteiger partial charge in [0.1, 0.15) is 5.82 Å². The minimum Gasteiger partial charge on any atom is -0.365 e. The van der Waals surface area contributed by atoms with Gasteiger partial charge in [-0.05, 0) is 45.2 Å². The van der Waals surface area contributed by atoms with Gasteiger partial charge >= 0.3 is 12.3 Å². The zero-order valence-electron chi connectivity index (χ0n) is 17.7. The van der Waals surface area contributed by atoms with Gasteiger partial charge in [0.25, 0.3) is 0 Å². The Balaban J connectivity index is 0.00000141. The number of alkyl halides is 3. The summed E-state index contributed by atoms with van der Waals surface area (Å²) in [6.45, 7) is 9.66. The van der Waals surface area contributed by atoms with Crippen LogP contribution in [-0.2, 0) is 29.0 Å². The summed E-state index contributed by atoms with van der Waals surface area (Å²) in [5.41, 5.74) is 2.28. The molecule has 0 fully saturated rings. The van der Waals surface area contributed by atoms with Crippen molar-refractivity contribution in [3.63, 3.8) is 0 Å². The number of carbonyl (C=O) groups excluding carboxylic acids is 2. The van der Waals surface area contributed by atoms with Gasteiger partial charge in [-0.25, -0.2) is 4.98 Å². The van der Waals surface area contributed by atoms with Gasteiger partial charge in [0, 0.05) is 23.8 Å². The highest BCUT2D eigenvalue weighted by atomic mass is 35.5. The van der Waals surface area contributed by atoms with Crippen LogP contribution in [0.2, 0.25) is 5.02 Å². The molecule has 2 heterocycles. The van der Waals surface area contributed by atoms with Crippen molar-refractivity contribution in [2.75, 3.05) is 5.32 Å². The van der Waals surface area contributed by atoms with E-state index in [1.807, 2.05) is 25.5 Å². The summed E-state index contributed by atoms with van der Waals surface area (Å²) in [6, 6.07) is 1.79. The Morgan fingerprint density at radius 2 is 1.77 bits per heavy atom. The molecule has 0 bridgehead atoms. The maximum Gasteiger partial charge on any atom is 0.391 e. The molecule has 0 amide bonds. The van der Waals surface area contributed by atoms with Crippen molar-refractivity contribution in [1.82, 2.24) is 14.8 Å². The Kier molecular flexibility index (Phi) is 9.06. The maximum atomic E-state index is 12.8. The highest BCUT2D eigenvalue weighted by Gasteiger charge is 2.36. The Labute approximate surface area is 178 Å². The van der Waals surface area contributed by atoms with Gasteiger partial charge in [0.05, 0.1) is 22.8 Å². The van der Waals surface area contributed by atoms with Crippen LogP contribution in [0.25, 0.3) is 11.3 Å². The number of aromatic nitrogens is 3. The minimum absolute atomic E-state index is 0.250.